The first kappa shape index (κ1) is 5.96. The van der Waals surface area contributed by atoms with Crippen molar-refractivity contribution in [3.05, 3.63) is 0 Å². The minimum Gasteiger partial charge on any atom is -0.255 e. The Hall–Kier alpha value is -0.0400. The minimum atomic E-state index is 0.148. The smallest absolute Gasteiger partial charge is 0.0184 e. The van der Waals surface area contributed by atoms with Crippen molar-refractivity contribution in [2.45, 2.75) is 32.7 Å². The molecule has 0 fully saturated rings. The summed E-state index contributed by atoms with van der Waals surface area (Å²) in [5.41, 5.74) is 6.98. The van der Waals surface area contributed by atoms with Crippen molar-refractivity contribution in [3.8, 4) is 0 Å². The van der Waals surface area contributed by atoms with Gasteiger partial charge in [-0.25, -0.2) is 0 Å². The normalized spacial score (nSPS) is 14.5. The highest BCUT2D eigenvalue weighted by atomic mass is 14.6. The lowest BCUT2D eigenvalue weighted by Crippen LogP contribution is -1.99. The van der Waals surface area contributed by atoms with E-state index >= 15 is 0 Å². The summed E-state index contributed by atoms with van der Waals surface area (Å²) < 4.78 is 0. The van der Waals surface area contributed by atoms with Crippen LogP contribution in [-0.2, 0) is 0 Å². The first-order valence-electron chi connectivity index (χ1n) is 2.48. The fourth-order valence-electron chi connectivity index (χ4n) is 0.433. The maximum atomic E-state index is 6.98. The monoisotopic (exact) mass is 86.1 g/mol. The van der Waals surface area contributed by atoms with Crippen LogP contribution in [0.3, 0.4) is 0 Å². The molecule has 1 nitrogen and oxygen atoms in total. The van der Waals surface area contributed by atoms with Crippen LogP contribution in [0.15, 0.2) is 0 Å². The van der Waals surface area contributed by atoms with Crippen LogP contribution in [0.1, 0.15) is 26.7 Å². The fourth-order valence-corrected chi connectivity index (χ4v) is 0.433. The minimum absolute atomic E-state index is 0.148. The highest BCUT2D eigenvalue weighted by molar-refractivity contribution is 4.46. The highest BCUT2D eigenvalue weighted by Crippen LogP contribution is 1.90. The Morgan fingerprint density at radius 2 is 2.17 bits per heavy atom. The summed E-state index contributed by atoms with van der Waals surface area (Å²) in [6.45, 7) is 4.02. The van der Waals surface area contributed by atoms with E-state index in [1.807, 2.05) is 6.92 Å². The lowest BCUT2D eigenvalue weighted by atomic mass is 10.2. The predicted octanol–water partition coefficient (Wildman–Crippen LogP) is 1.46. The molecule has 0 amide bonds. The fraction of sp³-hybridized carbons (Fsp3) is 1.00. The Bertz CT molecular complexity index is 25.1. The number of hydrogen-bond acceptors (Lipinski definition) is 0. The Kier molecular flexibility index (Phi) is 3.14. The molecule has 1 unspecified atom stereocenters. The molecule has 0 saturated carbocycles. The molecule has 1 radical (unpaired) electrons. The molecule has 1 heteroatoms. The molecule has 1 atom stereocenters. The predicted molar refractivity (Wildman–Crippen MR) is 27.5 cm³/mol. The first-order chi connectivity index (χ1) is 2.77. The van der Waals surface area contributed by atoms with E-state index in [1.54, 1.807) is 0 Å². The van der Waals surface area contributed by atoms with Gasteiger partial charge in [-0.05, 0) is 13.3 Å². The van der Waals surface area contributed by atoms with Crippen molar-refractivity contribution in [1.82, 2.24) is 5.73 Å². The van der Waals surface area contributed by atoms with Gasteiger partial charge in [0.25, 0.3) is 0 Å². The lowest BCUT2D eigenvalue weighted by Gasteiger charge is -1.95. The van der Waals surface area contributed by atoms with Gasteiger partial charge in [0.2, 0.25) is 0 Å². The maximum Gasteiger partial charge on any atom is 0.0184 e. The second-order valence-corrected chi connectivity index (χ2v) is 1.69. The van der Waals surface area contributed by atoms with E-state index in [9.17, 15) is 0 Å². The van der Waals surface area contributed by atoms with Crippen LogP contribution in [0.25, 0.3) is 0 Å². The van der Waals surface area contributed by atoms with Crippen molar-refractivity contribution in [3.63, 3.8) is 0 Å². The van der Waals surface area contributed by atoms with Gasteiger partial charge in [0.15, 0.2) is 0 Å². The summed E-state index contributed by atoms with van der Waals surface area (Å²) >= 11 is 0. The van der Waals surface area contributed by atoms with Crippen LogP contribution in [-0.4, -0.2) is 6.04 Å². The van der Waals surface area contributed by atoms with Crippen molar-refractivity contribution in [2.75, 3.05) is 0 Å². The Morgan fingerprint density at radius 1 is 1.67 bits per heavy atom. The van der Waals surface area contributed by atoms with Gasteiger partial charge in [-0.1, -0.05) is 13.3 Å². The molecule has 0 saturated heterocycles. The molecule has 1 N–H and O–H groups in total. The molecule has 0 aliphatic heterocycles. The molecule has 0 bridgehead atoms. The van der Waals surface area contributed by atoms with Crippen LogP contribution in [0, 0.1) is 0 Å². The summed E-state index contributed by atoms with van der Waals surface area (Å²) in [5.74, 6) is 0. The Balaban J connectivity index is 2.63. The van der Waals surface area contributed by atoms with Crippen LogP contribution < -0.4 is 5.73 Å². The third kappa shape index (κ3) is 3.96. The summed E-state index contributed by atoms with van der Waals surface area (Å²) in [4.78, 5) is 0. The molecule has 0 aromatic carbocycles. The van der Waals surface area contributed by atoms with E-state index in [-0.39, 0.29) is 6.04 Å². The van der Waals surface area contributed by atoms with E-state index in [2.05, 4.69) is 6.92 Å². The number of rotatable bonds is 2. The molecule has 0 aromatic rings. The zero-order valence-corrected chi connectivity index (χ0v) is 4.49. The lowest BCUT2D eigenvalue weighted by molar-refractivity contribution is 0.636. The van der Waals surface area contributed by atoms with Crippen LogP contribution in [0.5, 0.6) is 0 Å². The van der Waals surface area contributed by atoms with Crippen LogP contribution in [0.4, 0.5) is 0 Å². The topological polar surface area (TPSA) is 23.8 Å². The molecule has 0 heterocycles. The molecule has 0 aromatic heterocycles. The number of nitrogens with one attached hydrogen (secondary N) is 1. The van der Waals surface area contributed by atoms with Gasteiger partial charge in [0.05, 0.1) is 0 Å². The van der Waals surface area contributed by atoms with E-state index in [1.165, 1.54) is 0 Å². The summed E-state index contributed by atoms with van der Waals surface area (Å²) in [6, 6.07) is 0.148. The van der Waals surface area contributed by atoms with Gasteiger partial charge in [0.1, 0.15) is 0 Å². The molecule has 0 aliphatic rings. The zero-order chi connectivity index (χ0) is 4.99. The average Bonchev–Trinajstić information content (AvgIpc) is 1.35. The van der Waals surface area contributed by atoms with E-state index in [0.717, 1.165) is 12.8 Å². The van der Waals surface area contributed by atoms with Crippen LogP contribution >= 0.6 is 0 Å². The second kappa shape index (κ2) is 3.16. The summed E-state index contributed by atoms with van der Waals surface area (Å²) in [7, 11) is 0. The maximum absolute atomic E-state index is 6.98. The van der Waals surface area contributed by atoms with E-state index in [0.29, 0.717) is 0 Å². The highest BCUT2D eigenvalue weighted by Gasteiger charge is 1.86. The van der Waals surface area contributed by atoms with Crippen molar-refractivity contribution in [1.29, 1.82) is 0 Å². The molecule has 37 valence electrons. The third-order valence-electron chi connectivity index (χ3n) is 0.722. The molecular weight excluding hydrogens is 74.1 g/mol. The van der Waals surface area contributed by atoms with Gasteiger partial charge in [-0.2, -0.15) is 0 Å². The molecule has 0 spiro atoms. The van der Waals surface area contributed by atoms with E-state index in [4.69, 9.17) is 5.73 Å². The SMILES string of the molecule is CCCC(C)[NH]. The molecular formula is C5H12N. The van der Waals surface area contributed by atoms with Crippen molar-refractivity contribution in [2.24, 2.45) is 0 Å². The average molecular weight is 86.2 g/mol. The zero-order valence-electron chi connectivity index (χ0n) is 4.49. The first-order valence-corrected chi connectivity index (χ1v) is 2.48. The standard InChI is InChI=1S/C5H12N/c1-3-4-5(2)6/h5-6H,3-4H2,1-2H3. The molecule has 6 heavy (non-hydrogen) atoms. The van der Waals surface area contributed by atoms with Gasteiger partial charge in [-0.15, -0.1) is 0 Å². The summed E-state index contributed by atoms with van der Waals surface area (Å²) in [6.07, 6.45) is 2.19. The van der Waals surface area contributed by atoms with Gasteiger partial charge >= 0.3 is 0 Å². The second-order valence-electron chi connectivity index (χ2n) is 1.69. The summed E-state index contributed by atoms with van der Waals surface area (Å²) in [5, 5.41) is 0. The van der Waals surface area contributed by atoms with Crippen molar-refractivity contribution >= 4 is 0 Å². The van der Waals surface area contributed by atoms with Gasteiger partial charge < -0.3 is 0 Å². The van der Waals surface area contributed by atoms with Gasteiger partial charge in [0, 0.05) is 6.04 Å². The van der Waals surface area contributed by atoms with Crippen LogP contribution in [0.2, 0.25) is 0 Å². The van der Waals surface area contributed by atoms with Crippen molar-refractivity contribution < 1.29 is 0 Å². The quantitative estimate of drug-likeness (QED) is 0.486. The molecule has 0 rings (SSSR count). The van der Waals surface area contributed by atoms with Gasteiger partial charge in [-0.3, -0.25) is 5.73 Å². The van der Waals surface area contributed by atoms with E-state index < -0.39 is 0 Å². The molecule has 0 aliphatic carbocycles. The third-order valence-corrected chi connectivity index (χ3v) is 0.722. The Morgan fingerprint density at radius 3 is 2.17 bits per heavy atom. The largest absolute Gasteiger partial charge is 0.255 e. The Labute approximate surface area is 39.5 Å². The number of hydrogen-bond donors (Lipinski definition) is 0.